The van der Waals surface area contributed by atoms with Gasteiger partial charge in [-0.1, -0.05) is 72.8 Å². The molecule has 13 nitrogen and oxygen atoms in total. The van der Waals surface area contributed by atoms with Crippen molar-refractivity contribution in [2.45, 2.75) is 60.3 Å². The van der Waals surface area contributed by atoms with Crippen molar-refractivity contribution in [2.75, 3.05) is 33.1 Å². The van der Waals surface area contributed by atoms with Crippen LogP contribution in [0.1, 0.15) is 42.2 Å². The first kappa shape index (κ1) is 40.1. The van der Waals surface area contributed by atoms with Crippen LogP contribution in [-0.2, 0) is 41.0 Å². The number of nitrogens with zero attached hydrogens (tertiary/aromatic N) is 3. The lowest BCUT2D eigenvalue weighted by Crippen LogP contribution is -2.39. The molecule has 15 heteroatoms. The van der Waals surface area contributed by atoms with E-state index in [2.05, 4.69) is 4.67 Å². The number of methoxy groups -OCH3 is 2. The van der Waals surface area contributed by atoms with Gasteiger partial charge in [0.2, 0.25) is 0 Å². The summed E-state index contributed by atoms with van der Waals surface area (Å²) in [7, 11) is -0.684. The van der Waals surface area contributed by atoms with Gasteiger partial charge in [0.1, 0.15) is 29.4 Å². The summed E-state index contributed by atoms with van der Waals surface area (Å²) in [6, 6.07) is 35.0. The summed E-state index contributed by atoms with van der Waals surface area (Å²) < 4.78 is 70.0. The molecule has 3 saturated heterocycles. The Hall–Kier alpha value is -4.66. The molecule has 6 atom stereocenters. The van der Waals surface area contributed by atoms with Crippen LogP contribution in [0.2, 0.25) is 0 Å². The number of ether oxygens (including phenoxy) is 4. The van der Waals surface area contributed by atoms with Crippen LogP contribution in [-0.4, -0.2) is 79.7 Å². The zero-order valence-electron chi connectivity index (χ0n) is 32.5. The highest BCUT2D eigenvalue weighted by molar-refractivity contribution is 7.91. The fraction of sp³-hybridized carbons (Fsp3) is 0.349. The lowest BCUT2D eigenvalue weighted by Gasteiger charge is -2.37. The van der Waals surface area contributed by atoms with Gasteiger partial charge in [0.15, 0.2) is 9.84 Å². The summed E-state index contributed by atoms with van der Waals surface area (Å²) in [6.07, 6.45) is 0.579. The van der Waals surface area contributed by atoms with Crippen molar-refractivity contribution < 1.29 is 36.4 Å². The Morgan fingerprint density at radius 1 is 0.793 bits per heavy atom. The van der Waals surface area contributed by atoms with E-state index < -0.39 is 59.8 Å². The number of rotatable bonds is 14. The van der Waals surface area contributed by atoms with Crippen LogP contribution in [0, 0.1) is 0 Å². The second kappa shape index (κ2) is 16.9. The summed E-state index contributed by atoms with van der Waals surface area (Å²) in [5, 5.41) is 0. The van der Waals surface area contributed by atoms with Crippen LogP contribution in [0.25, 0.3) is 0 Å². The van der Waals surface area contributed by atoms with Crippen LogP contribution < -0.4 is 20.7 Å². The third-order valence-electron chi connectivity index (χ3n) is 11.2. The Balaban J connectivity index is 1.14. The molecule has 0 aliphatic carbocycles. The van der Waals surface area contributed by atoms with Gasteiger partial charge in [-0.3, -0.25) is 13.9 Å². The van der Waals surface area contributed by atoms with Crippen molar-refractivity contribution in [3.8, 4) is 11.5 Å². The van der Waals surface area contributed by atoms with E-state index in [9.17, 15) is 18.0 Å². The fourth-order valence-corrected chi connectivity index (χ4v) is 11.7. The molecule has 3 aliphatic rings. The second-order valence-corrected chi connectivity index (χ2v) is 18.0. The summed E-state index contributed by atoms with van der Waals surface area (Å²) in [5.74, 6) is 1.20. The van der Waals surface area contributed by atoms with Crippen molar-refractivity contribution in [1.82, 2.24) is 13.8 Å². The molecule has 1 aromatic heterocycles. The van der Waals surface area contributed by atoms with Crippen molar-refractivity contribution in [2.24, 2.45) is 7.05 Å². The van der Waals surface area contributed by atoms with E-state index in [-0.39, 0.29) is 29.7 Å². The van der Waals surface area contributed by atoms with Crippen molar-refractivity contribution in [3.05, 3.63) is 159 Å². The van der Waals surface area contributed by atoms with Gasteiger partial charge >= 0.3 is 5.69 Å². The number of hydrogen-bond donors (Lipinski definition) is 0. The highest BCUT2D eigenvalue weighted by atomic mass is 32.2. The zero-order valence-corrected chi connectivity index (χ0v) is 34.2. The molecule has 5 aromatic rings. The Labute approximate surface area is 338 Å². The Morgan fingerprint density at radius 3 is 2.02 bits per heavy atom. The SMILES string of the molecule is COc1ccc(C(OC[C@H]2O[C@@H](n3ccc(=O)n(C)c3=O)C[C@@H]2O[P@]2O[C@H](CS(=O)(=O)c3ccccc3)[C@@H]3CCCN32)(c2ccccc2)c2ccc(OC)cc2)cc1. The highest BCUT2D eigenvalue weighted by Gasteiger charge is 2.51. The van der Waals surface area contributed by atoms with Gasteiger partial charge in [-0.2, -0.15) is 0 Å². The second-order valence-electron chi connectivity index (χ2n) is 14.6. The standard InChI is InChI=1S/C43H46N3O10PS/c1-44-40(47)24-26-45(42(44)48)41-27-37(55-57-46-25-10-15-36(46)39(56-57)29-58(49,50)35-13-8-5-9-14-35)38(54-41)28-53-43(30-11-6-4-7-12-30,31-16-20-33(51-2)21-17-31)32-18-22-34(52-3)23-19-32/h4-9,11-14,16-24,26,36-39,41H,10,15,25,27-29H2,1-3H3/t36-,37-,38+,39+,41+,57+/m0/s1. The largest absolute Gasteiger partial charge is 0.497 e. The molecule has 4 heterocycles. The first-order valence-electron chi connectivity index (χ1n) is 19.2. The van der Waals surface area contributed by atoms with Gasteiger partial charge in [0, 0.05) is 38.3 Å². The quantitative estimate of drug-likeness (QED) is 0.0992. The molecule has 0 amide bonds. The third-order valence-corrected chi connectivity index (χ3v) is 14.8. The van der Waals surface area contributed by atoms with E-state index in [1.54, 1.807) is 44.6 Å². The van der Waals surface area contributed by atoms with Gasteiger partial charge < -0.3 is 28.0 Å². The van der Waals surface area contributed by atoms with Crippen molar-refractivity contribution >= 4 is 18.4 Å². The minimum absolute atomic E-state index is 0.00699. The first-order chi connectivity index (χ1) is 28.1. The molecule has 3 aliphatic heterocycles. The molecule has 0 spiro atoms. The number of fused-ring (bicyclic) bond motifs is 1. The first-order valence-corrected chi connectivity index (χ1v) is 22.0. The molecule has 58 heavy (non-hydrogen) atoms. The molecular formula is C43H46N3O10PS. The Bertz CT molecular complexity index is 2370. The van der Waals surface area contributed by atoms with Gasteiger partial charge in [-0.15, -0.1) is 0 Å². The van der Waals surface area contributed by atoms with Gasteiger partial charge in [-0.05, 0) is 65.9 Å². The molecule has 4 aromatic carbocycles. The van der Waals surface area contributed by atoms with Crippen LogP contribution in [0.5, 0.6) is 11.5 Å². The summed E-state index contributed by atoms with van der Waals surface area (Å²) in [5.41, 5.74) is 0.400. The van der Waals surface area contributed by atoms with E-state index in [0.29, 0.717) is 18.0 Å². The van der Waals surface area contributed by atoms with E-state index in [0.717, 1.165) is 34.1 Å². The van der Waals surface area contributed by atoms with Crippen LogP contribution in [0.4, 0.5) is 0 Å². The summed E-state index contributed by atoms with van der Waals surface area (Å²) >= 11 is 0. The van der Waals surface area contributed by atoms with E-state index >= 15 is 0 Å². The summed E-state index contributed by atoms with van der Waals surface area (Å²) in [6.45, 7) is 0.704. The average Bonchev–Trinajstić information content (AvgIpc) is 3.98. The lowest BCUT2D eigenvalue weighted by molar-refractivity contribution is -0.0921. The van der Waals surface area contributed by atoms with E-state index in [1.807, 2.05) is 78.9 Å². The maximum atomic E-state index is 13.5. The molecule has 0 saturated carbocycles. The average molecular weight is 828 g/mol. The fourth-order valence-electron chi connectivity index (χ4n) is 8.11. The molecule has 8 rings (SSSR count). The molecule has 0 N–H and O–H groups in total. The van der Waals surface area contributed by atoms with Crippen molar-refractivity contribution in [3.63, 3.8) is 0 Å². The maximum Gasteiger partial charge on any atom is 0.332 e. The van der Waals surface area contributed by atoms with Gasteiger partial charge in [-0.25, -0.2) is 17.9 Å². The minimum Gasteiger partial charge on any atom is -0.497 e. The topological polar surface area (TPSA) is 137 Å². The molecule has 304 valence electrons. The number of sulfone groups is 1. The van der Waals surface area contributed by atoms with Crippen LogP contribution in [0.3, 0.4) is 0 Å². The maximum absolute atomic E-state index is 13.5. The molecule has 0 bridgehead atoms. The third kappa shape index (κ3) is 7.78. The smallest absolute Gasteiger partial charge is 0.332 e. The van der Waals surface area contributed by atoms with Gasteiger partial charge in [0.25, 0.3) is 14.1 Å². The Morgan fingerprint density at radius 2 is 1.40 bits per heavy atom. The van der Waals surface area contributed by atoms with E-state index in [4.69, 9.17) is 28.0 Å². The number of aromatic nitrogens is 2. The molecule has 0 unspecified atom stereocenters. The summed E-state index contributed by atoms with van der Waals surface area (Å²) in [4.78, 5) is 26.0. The van der Waals surface area contributed by atoms with Crippen LogP contribution >= 0.6 is 8.53 Å². The minimum atomic E-state index is -3.64. The van der Waals surface area contributed by atoms with Crippen LogP contribution in [0.15, 0.2) is 136 Å². The molecule has 3 fully saturated rings. The van der Waals surface area contributed by atoms with Gasteiger partial charge in [0.05, 0.1) is 43.7 Å². The highest BCUT2D eigenvalue weighted by Crippen LogP contribution is 2.58. The predicted molar refractivity (Wildman–Crippen MR) is 218 cm³/mol. The molecular weight excluding hydrogens is 782 g/mol. The zero-order chi connectivity index (χ0) is 40.4. The number of hydrogen-bond acceptors (Lipinski definition) is 11. The molecule has 0 radical (unpaired) electrons. The number of benzene rings is 4. The Kier molecular flexibility index (Phi) is 11.7. The lowest BCUT2D eigenvalue weighted by atomic mass is 9.80. The van der Waals surface area contributed by atoms with E-state index in [1.165, 1.54) is 23.9 Å². The normalized spacial score (nSPS) is 23.5. The monoisotopic (exact) mass is 827 g/mol. The van der Waals surface area contributed by atoms with Crippen molar-refractivity contribution in [1.29, 1.82) is 0 Å². The predicted octanol–water partition coefficient (Wildman–Crippen LogP) is 5.81.